The first-order chi connectivity index (χ1) is 10.5. The number of thiocarbonyl (C=S) groups is 1. The van der Waals surface area contributed by atoms with E-state index >= 15 is 0 Å². The Balaban J connectivity index is 2.27. The zero-order valence-electron chi connectivity index (χ0n) is 12.3. The molecular weight excluding hydrogens is 306 g/mol. The van der Waals surface area contributed by atoms with E-state index in [9.17, 15) is 14.7 Å². The summed E-state index contributed by atoms with van der Waals surface area (Å²) in [5.74, 6) is -0.996. The van der Waals surface area contributed by atoms with Crippen molar-refractivity contribution >= 4 is 29.1 Å². The molecule has 2 atom stereocenters. The first kappa shape index (κ1) is 16.4. The monoisotopic (exact) mass is 323 g/mol. The topological polar surface area (TPSA) is 76.1 Å². The summed E-state index contributed by atoms with van der Waals surface area (Å²) in [4.78, 5) is 25.2. The van der Waals surface area contributed by atoms with Gasteiger partial charge in [0.1, 0.15) is 11.0 Å². The van der Waals surface area contributed by atoms with Gasteiger partial charge in [-0.05, 0) is 6.42 Å². The van der Waals surface area contributed by atoms with Crippen LogP contribution < -0.4 is 0 Å². The van der Waals surface area contributed by atoms with Gasteiger partial charge in [0.05, 0.1) is 14.2 Å². The molecule has 118 valence electrons. The lowest BCUT2D eigenvalue weighted by Crippen LogP contribution is -2.44. The van der Waals surface area contributed by atoms with Gasteiger partial charge in [0.2, 0.25) is 0 Å². The molecule has 22 heavy (non-hydrogen) atoms. The maximum atomic E-state index is 12.1. The summed E-state index contributed by atoms with van der Waals surface area (Å²) in [6.07, 6.45) is -0.867. The van der Waals surface area contributed by atoms with Crippen molar-refractivity contribution in [1.29, 1.82) is 0 Å². The van der Waals surface area contributed by atoms with Crippen LogP contribution in [-0.2, 0) is 19.1 Å². The van der Waals surface area contributed by atoms with Crippen molar-refractivity contribution in [2.45, 2.75) is 25.1 Å². The average Bonchev–Trinajstić information content (AvgIpc) is 2.79. The van der Waals surface area contributed by atoms with Gasteiger partial charge in [0.25, 0.3) is 0 Å². The molecule has 6 nitrogen and oxygen atoms in total. The van der Waals surface area contributed by atoms with E-state index in [1.54, 1.807) is 18.2 Å². The number of fused-ring (bicyclic) bond motifs is 1. The van der Waals surface area contributed by atoms with E-state index in [1.165, 1.54) is 19.1 Å². The highest BCUT2D eigenvalue weighted by Gasteiger charge is 2.40. The Morgan fingerprint density at radius 1 is 1.32 bits per heavy atom. The average molecular weight is 323 g/mol. The van der Waals surface area contributed by atoms with Crippen molar-refractivity contribution < 1.29 is 24.2 Å². The minimum Gasteiger partial charge on any atom is -0.469 e. The van der Waals surface area contributed by atoms with Gasteiger partial charge in [-0.2, -0.15) is 0 Å². The van der Waals surface area contributed by atoms with Crippen LogP contribution in [-0.4, -0.2) is 47.2 Å². The Bertz CT molecular complexity index is 603. The number of benzene rings is 1. The fraction of sp³-hybridized carbons (Fsp3) is 0.400. The molecule has 1 aliphatic rings. The van der Waals surface area contributed by atoms with Crippen molar-refractivity contribution in [2.24, 2.45) is 0 Å². The smallest absolute Gasteiger partial charge is 0.328 e. The second kappa shape index (κ2) is 6.85. The minimum absolute atomic E-state index is 0.0262. The molecule has 0 spiro atoms. The zero-order valence-corrected chi connectivity index (χ0v) is 13.1. The van der Waals surface area contributed by atoms with E-state index in [4.69, 9.17) is 17.0 Å². The molecule has 1 N–H and O–H groups in total. The van der Waals surface area contributed by atoms with Crippen LogP contribution in [0.5, 0.6) is 0 Å². The number of ether oxygens (including phenoxy) is 2. The zero-order chi connectivity index (χ0) is 16.3. The molecule has 1 aromatic rings. The molecule has 1 heterocycles. The number of esters is 2. The summed E-state index contributed by atoms with van der Waals surface area (Å²) >= 11 is 5.37. The fourth-order valence-electron chi connectivity index (χ4n) is 2.49. The standard InChI is InChI=1S/C15H17NO5S/c1-20-12(17)8-7-11(15(19)21-2)16-13(18)9-5-3-4-6-10(9)14(16)22/h3-6,11,13,18H,7-8H2,1-2H3. The second-order valence-electron chi connectivity index (χ2n) is 4.83. The summed E-state index contributed by atoms with van der Waals surface area (Å²) in [5.41, 5.74) is 1.34. The maximum absolute atomic E-state index is 12.1. The van der Waals surface area contributed by atoms with E-state index in [1.807, 2.05) is 6.07 Å². The lowest BCUT2D eigenvalue weighted by molar-refractivity contribution is -0.149. The SMILES string of the molecule is COC(=O)CCC(C(=O)OC)N1C(=S)c2ccccc2C1O. The molecule has 0 radical (unpaired) electrons. The van der Waals surface area contributed by atoms with Gasteiger partial charge in [-0.15, -0.1) is 0 Å². The molecule has 0 fully saturated rings. The molecule has 0 bridgehead atoms. The Kier molecular flexibility index (Phi) is 5.10. The van der Waals surface area contributed by atoms with Crippen molar-refractivity contribution in [3.8, 4) is 0 Å². The number of carbonyl (C=O) groups excluding carboxylic acids is 2. The van der Waals surface area contributed by atoms with Gasteiger partial charge in [-0.3, -0.25) is 4.79 Å². The molecule has 7 heteroatoms. The normalized spacial score (nSPS) is 17.9. The maximum Gasteiger partial charge on any atom is 0.328 e. The number of hydrogen-bond donors (Lipinski definition) is 1. The third-order valence-corrected chi connectivity index (χ3v) is 4.06. The van der Waals surface area contributed by atoms with Crippen LogP contribution in [0.4, 0.5) is 0 Å². The number of aliphatic hydroxyl groups excluding tert-OH is 1. The van der Waals surface area contributed by atoms with Crippen LogP contribution in [0.15, 0.2) is 24.3 Å². The van der Waals surface area contributed by atoms with E-state index in [0.29, 0.717) is 16.1 Å². The highest BCUT2D eigenvalue weighted by atomic mass is 32.1. The number of rotatable bonds is 5. The highest BCUT2D eigenvalue weighted by molar-refractivity contribution is 7.80. The van der Waals surface area contributed by atoms with Crippen molar-refractivity contribution in [1.82, 2.24) is 4.90 Å². The van der Waals surface area contributed by atoms with Crippen LogP contribution >= 0.6 is 12.2 Å². The minimum atomic E-state index is -1.04. The Labute approximate surface area is 133 Å². The quantitative estimate of drug-likeness (QED) is 0.644. The molecular formula is C15H17NO5S. The second-order valence-corrected chi connectivity index (χ2v) is 5.21. The number of aliphatic hydroxyl groups is 1. The fourth-order valence-corrected chi connectivity index (χ4v) is 2.91. The van der Waals surface area contributed by atoms with Crippen LogP contribution in [0.25, 0.3) is 0 Å². The number of carbonyl (C=O) groups is 2. The summed E-state index contributed by atoms with van der Waals surface area (Å²) in [6, 6.07) is 6.29. The summed E-state index contributed by atoms with van der Waals surface area (Å²) < 4.78 is 9.37. The van der Waals surface area contributed by atoms with E-state index in [0.717, 1.165) is 0 Å². The van der Waals surface area contributed by atoms with Crippen LogP contribution in [0.3, 0.4) is 0 Å². The van der Waals surface area contributed by atoms with Gasteiger partial charge >= 0.3 is 11.9 Å². The molecule has 1 aliphatic heterocycles. The van der Waals surface area contributed by atoms with Gasteiger partial charge in [-0.1, -0.05) is 36.5 Å². The molecule has 0 amide bonds. The predicted molar refractivity (Wildman–Crippen MR) is 82.0 cm³/mol. The van der Waals surface area contributed by atoms with Gasteiger partial charge in [-0.25, -0.2) is 4.79 Å². The summed E-state index contributed by atoms with van der Waals surface area (Å²) in [5, 5.41) is 10.5. The summed E-state index contributed by atoms with van der Waals surface area (Å²) in [7, 11) is 2.53. The lowest BCUT2D eigenvalue weighted by Gasteiger charge is -2.30. The Hall–Kier alpha value is -1.99. The van der Waals surface area contributed by atoms with Gasteiger partial charge in [0.15, 0.2) is 6.23 Å². The lowest BCUT2D eigenvalue weighted by atomic mass is 10.1. The van der Waals surface area contributed by atoms with Crippen LogP contribution in [0, 0.1) is 0 Å². The Morgan fingerprint density at radius 2 is 2.00 bits per heavy atom. The molecule has 0 aromatic heterocycles. The number of methoxy groups -OCH3 is 2. The predicted octanol–water partition coefficient (Wildman–Crippen LogP) is 1.16. The molecule has 0 aliphatic carbocycles. The Morgan fingerprint density at radius 3 is 2.59 bits per heavy atom. The van der Waals surface area contributed by atoms with E-state index in [-0.39, 0.29) is 12.8 Å². The number of hydrogen-bond acceptors (Lipinski definition) is 6. The van der Waals surface area contributed by atoms with Crippen molar-refractivity contribution in [3.63, 3.8) is 0 Å². The molecule has 1 aromatic carbocycles. The number of nitrogens with zero attached hydrogens (tertiary/aromatic N) is 1. The molecule has 0 saturated carbocycles. The van der Waals surface area contributed by atoms with Crippen LogP contribution in [0.1, 0.15) is 30.2 Å². The molecule has 2 unspecified atom stereocenters. The van der Waals surface area contributed by atoms with Crippen LogP contribution in [0.2, 0.25) is 0 Å². The van der Waals surface area contributed by atoms with Gasteiger partial charge in [0, 0.05) is 17.5 Å². The van der Waals surface area contributed by atoms with E-state index < -0.39 is 24.2 Å². The summed E-state index contributed by atoms with van der Waals surface area (Å²) in [6.45, 7) is 0. The first-order valence-electron chi connectivity index (χ1n) is 6.75. The van der Waals surface area contributed by atoms with E-state index in [2.05, 4.69) is 4.74 Å². The third-order valence-electron chi connectivity index (χ3n) is 3.63. The largest absolute Gasteiger partial charge is 0.469 e. The van der Waals surface area contributed by atoms with Crippen molar-refractivity contribution in [2.75, 3.05) is 14.2 Å². The highest BCUT2D eigenvalue weighted by Crippen LogP contribution is 2.35. The first-order valence-corrected chi connectivity index (χ1v) is 7.16. The van der Waals surface area contributed by atoms with Crippen molar-refractivity contribution in [3.05, 3.63) is 35.4 Å². The third kappa shape index (κ3) is 2.95. The van der Waals surface area contributed by atoms with Gasteiger partial charge < -0.3 is 19.5 Å². The molecule has 0 saturated heterocycles. The molecule has 2 rings (SSSR count).